The molecule has 0 aliphatic carbocycles. The zero-order valence-corrected chi connectivity index (χ0v) is 17.3. The van der Waals surface area contributed by atoms with E-state index in [9.17, 15) is 9.59 Å². The van der Waals surface area contributed by atoms with E-state index in [2.05, 4.69) is 10.3 Å². The van der Waals surface area contributed by atoms with Gasteiger partial charge in [-0.2, -0.15) is 0 Å². The van der Waals surface area contributed by atoms with Crippen molar-refractivity contribution < 1.29 is 9.21 Å². The maximum Gasteiger partial charge on any atom is 0.250 e. The molecule has 0 aliphatic rings. The van der Waals surface area contributed by atoms with Crippen LogP contribution in [0.4, 0.5) is 0 Å². The number of carbonyl (C=O) groups is 1. The van der Waals surface area contributed by atoms with Crippen LogP contribution in [0.15, 0.2) is 75.4 Å². The molecule has 0 saturated carbocycles. The summed E-state index contributed by atoms with van der Waals surface area (Å²) in [6.07, 6.45) is 1.95. The summed E-state index contributed by atoms with van der Waals surface area (Å²) in [4.78, 5) is 29.6. The number of nitrogens with zero attached hydrogens (tertiary/aromatic N) is 2. The van der Waals surface area contributed by atoms with Crippen molar-refractivity contribution in [3.63, 3.8) is 0 Å². The van der Waals surface area contributed by atoms with Crippen molar-refractivity contribution in [3.05, 3.63) is 99.1 Å². The average Bonchev–Trinajstić information content (AvgIpc) is 3.40. The number of oxazole rings is 1. The first kappa shape index (κ1) is 19.8. The number of aryl methyl sites for hydroxylation is 1. The van der Waals surface area contributed by atoms with E-state index in [1.165, 1.54) is 0 Å². The van der Waals surface area contributed by atoms with E-state index in [0.717, 1.165) is 16.0 Å². The van der Waals surface area contributed by atoms with Crippen molar-refractivity contribution in [2.24, 2.45) is 0 Å². The summed E-state index contributed by atoms with van der Waals surface area (Å²) in [7, 11) is 0. The Morgan fingerprint density at radius 2 is 1.90 bits per heavy atom. The molecule has 4 aromatic rings. The number of amides is 1. The zero-order valence-electron chi connectivity index (χ0n) is 16.5. The third-order valence-electron chi connectivity index (χ3n) is 4.72. The van der Waals surface area contributed by atoms with Crippen LogP contribution < -0.4 is 10.9 Å². The van der Waals surface area contributed by atoms with E-state index in [0.29, 0.717) is 30.4 Å². The highest BCUT2D eigenvalue weighted by Gasteiger charge is 2.15. The lowest BCUT2D eigenvalue weighted by Crippen LogP contribution is -2.25. The molecule has 152 valence electrons. The van der Waals surface area contributed by atoms with Crippen LogP contribution in [0.2, 0.25) is 0 Å². The van der Waals surface area contributed by atoms with Gasteiger partial charge in [0.25, 0.3) is 5.56 Å². The van der Waals surface area contributed by atoms with E-state index in [1.54, 1.807) is 34.2 Å². The lowest BCUT2D eigenvalue weighted by atomic mass is 10.1. The monoisotopic (exact) mass is 419 g/mol. The zero-order chi connectivity index (χ0) is 20.9. The van der Waals surface area contributed by atoms with E-state index >= 15 is 0 Å². The molecule has 7 heteroatoms. The van der Waals surface area contributed by atoms with Gasteiger partial charge in [0.1, 0.15) is 5.76 Å². The Balaban J connectivity index is 1.32. The van der Waals surface area contributed by atoms with Crippen LogP contribution in [0.3, 0.4) is 0 Å². The van der Waals surface area contributed by atoms with Gasteiger partial charge in [0.2, 0.25) is 11.8 Å². The first-order valence-electron chi connectivity index (χ1n) is 9.58. The quantitative estimate of drug-likeness (QED) is 0.495. The van der Waals surface area contributed by atoms with Crippen molar-refractivity contribution >= 4 is 17.2 Å². The van der Waals surface area contributed by atoms with E-state index in [-0.39, 0.29) is 17.9 Å². The molecule has 3 aromatic heterocycles. The number of benzene rings is 1. The van der Waals surface area contributed by atoms with Crippen LogP contribution in [0.1, 0.15) is 22.6 Å². The number of carbonyl (C=O) groups excluding carboxylic acids is 1. The summed E-state index contributed by atoms with van der Waals surface area (Å²) >= 11 is 1.55. The molecule has 4 rings (SSSR count). The highest BCUT2D eigenvalue weighted by Crippen LogP contribution is 2.26. The molecule has 0 bridgehead atoms. The van der Waals surface area contributed by atoms with Crippen molar-refractivity contribution in [1.82, 2.24) is 14.9 Å². The van der Waals surface area contributed by atoms with E-state index in [1.807, 2.05) is 54.8 Å². The maximum atomic E-state index is 12.4. The summed E-state index contributed by atoms with van der Waals surface area (Å²) < 4.78 is 7.34. The lowest BCUT2D eigenvalue weighted by Gasteiger charge is -2.08. The molecule has 0 saturated heterocycles. The molecular formula is C23H21N3O3S. The Hall–Kier alpha value is -3.45. The number of pyridine rings is 1. The minimum atomic E-state index is -0.107. The number of thiophene rings is 1. The van der Waals surface area contributed by atoms with Gasteiger partial charge < -0.3 is 14.3 Å². The number of hydrogen-bond acceptors (Lipinski definition) is 5. The van der Waals surface area contributed by atoms with Gasteiger partial charge in [-0.1, -0.05) is 36.4 Å². The summed E-state index contributed by atoms with van der Waals surface area (Å²) in [6.45, 7) is 2.77. The van der Waals surface area contributed by atoms with Gasteiger partial charge in [-0.15, -0.1) is 11.3 Å². The van der Waals surface area contributed by atoms with Gasteiger partial charge >= 0.3 is 0 Å². The Bertz CT molecular complexity index is 1190. The van der Waals surface area contributed by atoms with Crippen LogP contribution in [0.25, 0.3) is 10.8 Å². The first-order chi connectivity index (χ1) is 14.6. The molecule has 0 spiro atoms. The predicted molar refractivity (Wildman–Crippen MR) is 116 cm³/mol. The normalized spacial score (nSPS) is 10.8. The molecule has 1 N–H and O–H groups in total. The molecule has 6 nitrogen and oxygen atoms in total. The highest BCUT2D eigenvalue weighted by molar-refractivity contribution is 7.13. The Morgan fingerprint density at radius 3 is 2.63 bits per heavy atom. The van der Waals surface area contributed by atoms with Gasteiger partial charge in [0, 0.05) is 18.8 Å². The van der Waals surface area contributed by atoms with Gasteiger partial charge in [-0.05, 0) is 35.6 Å². The summed E-state index contributed by atoms with van der Waals surface area (Å²) in [5.41, 5.74) is 2.64. The maximum absolute atomic E-state index is 12.4. The molecule has 1 amide bonds. The predicted octanol–water partition coefficient (Wildman–Crippen LogP) is 3.78. The topological polar surface area (TPSA) is 77.1 Å². The third-order valence-corrected chi connectivity index (χ3v) is 5.58. The highest BCUT2D eigenvalue weighted by atomic mass is 32.1. The molecule has 0 radical (unpaired) electrons. The van der Waals surface area contributed by atoms with E-state index < -0.39 is 0 Å². The van der Waals surface area contributed by atoms with Crippen LogP contribution >= 0.6 is 11.3 Å². The summed E-state index contributed by atoms with van der Waals surface area (Å²) in [5.74, 6) is 1.11. The van der Waals surface area contributed by atoms with Crippen molar-refractivity contribution in [2.45, 2.75) is 26.4 Å². The van der Waals surface area contributed by atoms with Crippen molar-refractivity contribution in [2.75, 3.05) is 0 Å². The van der Waals surface area contributed by atoms with E-state index in [4.69, 9.17) is 4.42 Å². The first-order valence-corrected chi connectivity index (χ1v) is 10.5. The fourth-order valence-electron chi connectivity index (χ4n) is 3.06. The van der Waals surface area contributed by atoms with Crippen molar-refractivity contribution in [1.29, 1.82) is 0 Å². The minimum absolute atomic E-state index is 0.0285. The fraction of sp³-hybridized carbons (Fsp3) is 0.174. The molecule has 30 heavy (non-hydrogen) atoms. The fourth-order valence-corrected chi connectivity index (χ4v) is 3.71. The second-order valence-electron chi connectivity index (χ2n) is 6.94. The molecule has 0 atom stereocenters. The molecule has 0 aliphatic heterocycles. The second kappa shape index (κ2) is 8.92. The summed E-state index contributed by atoms with van der Waals surface area (Å²) in [5, 5.41) is 4.89. The standard InChI is InChI=1S/C23H21N3O3S/c1-16-19(25-23(29-16)20-5-4-12-30-20)13-21(27)24-14-17-7-9-18(10-8-17)15-26-11-3-2-6-22(26)28/h2-12H,13-15H2,1H3,(H,24,27). The molecule has 3 heterocycles. The lowest BCUT2D eigenvalue weighted by molar-refractivity contribution is -0.120. The number of aromatic nitrogens is 2. The van der Waals surface area contributed by atoms with Gasteiger partial charge in [0.05, 0.1) is 23.5 Å². The minimum Gasteiger partial charge on any atom is -0.440 e. The molecule has 1 aromatic carbocycles. The molecular weight excluding hydrogens is 398 g/mol. The smallest absolute Gasteiger partial charge is 0.250 e. The van der Waals surface area contributed by atoms with Gasteiger partial charge in [-0.3, -0.25) is 9.59 Å². The Morgan fingerprint density at radius 1 is 1.10 bits per heavy atom. The van der Waals surface area contributed by atoms with Gasteiger partial charge in [0.15, 0.2) is 0 Å². The number of rotatable bonds is 7. The Kier molecular flexibility index (Phi) is 5.90. The largest absolute Gasteiger partial charge is 0.440 e. The van der Waals surface area contributed by atoms with Crippen LogP contribution in [0.5, 0.6) is 0 Å². The molecule has 0 fully saturated rings. The number of hydrogen-bond donors (Lipinski definition) is 1. The second-order valence-corrected chi connectivity index (χ2v) is 7.88. The number of nitrogens with one attached hydrogen (secondary N) is 1. The third kappa shape index (κ3) is 4.75. The van der Waals surface area contributed by atoms with Crippen molar-refractivity contribution in [3.8, 4) is 10.8 Å². The van der Waals surface area contributed by atoms with Crippen LogP contribution in [0, 0.1) is 6.92 Å². The average molecular weight is 420 g/mol. The summed E-state index contributed by atoms with van der Waals surface area (Å²) in [6, 6.07) is 16.8. The van der Waals surface area contributed by atoms with Gasteiger partial charge in [-0.25, -0.2) is 4.98 Å². The van der Waals surface area contributed by atoms with Crippen LogP contribution in [-0.2, 0) is 24.3 Å². The Labute approximate surface area is 177 Å². The van der Waals surface area contributed by atoms with Crippen LogP contribution in [-0.4, -0.2) is 15.5 Å². The SMILES string of the molecule is Cc1oc(-c2cccs2)nc1CC(=O)NCc1ccc(Cn2ccccc2=O)cc1. The molecule has 0 unspecified atom stereocenters.